The number of halogens is 1. The van der Waals surface area contributed by atoms with Crippen LogP contribution in [0.4, 0.5) is 5.69 Å². The van der Waals surface area contributed by atoms with E-state index in [1.54, 1.807) is 18.3 Å². The van der Waals surface area contributed by atoms with Crippen molar-refractivity contribution in [3.63, 3.8) is 0 Å². The average molecular weight is 444 g/mol. The van der Waals surface area contributed by atoms with Gasteiger partial charge in [-0.05, 0) is 36.2 Å². The van der Waals surface area contributed by atoms with Gasteiger partial charge in [0.1, 0.15) is 12.6 Å². The van der Waals surface area contributed by atoms with E-state index in [1.165, 1.54) is 4.90 Å². The van der Waals surface area contributed by atoms with Gasteiger partial charge in [0.15, 0.2) is 0 Å². The van der Waals surface area contributed by atoms with Crippen LogP contribution in [-0.2, 0) is 9.59 Å². The van der Waals surface area contributed by atoms with E-state index in [0.29, 0.717) is 22.7 Å². The summed E-state index contributed by atoms with van der Waals surface area (Å²) in [7, 11) is 0. The number of fused-ring (bicyclic) bond motifs is 1. The molecule has 1 amide bonds. The Labute approximate surface area is 172 Å². The second-order valence-electron chi connectivity index (χ2n) is 6.69. The number of aromatic nitrogens is 1. The van der Waals surface area contributed by atoms with Crippen molar-refractivity contribution in [3.8, 4) is 0 Å². The average Bonchev–Trinajstić information content (AvgIpc) is 2.79. The van der Waals surface area contributed by atoms with Crippen LogP contribution >= 0.6 is 15.9 Å². The minimum Gasteiger partial charge on any atom is -0.480 e. The third kappa shape index (κ3) is 3.99. The number of carboxylic acids is 1. The Kier molecular flexibility index (Phi) is 6.24. The number of amides is 1. The molecule has 1 aromatic heterocycles. The normalized spacial score (nSPS) is 16.6. The number of aliphatic imine (C=N–C) groups is 1. The van der Waals surface area contributed by atoms with Crippen molar-refractivity contribution in [1.29, 1.82) is 0 Å². The predicted octanol–water partition coefficient (Wildman–Crippen LogP) is 3.92. The number of anilines is 1. The van der Waals surface area contributed by atoms with E-state index >= 15 is 0 Å². The molecule has 3 rings (SSSR count). The van der Waals surface area contributed by atoms with Gasteiger partial charge in [0, 0.05) is 16.2 Å². The molecule has 1 aromatic carbocycles. The highest BCUT2D eigenvalue weighted by Crippen LogP contribution is 2.33. The summed E-state index contributed by atoms with van der Waals surface area (Å²) in [5, 5.41) is 9.42. The molecule has 1 atom stereocenters. The number of hydrogen-bond acceptors (Lipinski definition) is 4. The largest absolute Gasteiger partial charge is 0.480 e. The number of rotatable bonds is 6. The van der Waals surface area contributed by atoms with E-state index in [1.807, 2.05) is 38.1 Å². The molecule has 1 N–H and O–H groups in total. The summed E-state index contributed by atoms with van der Waals surface area (Å²) in [6.45, 7) is 3.64. The molecule has 6 nitrogen and oxygen atoms in total. The summed E-state index contributed by atoms with van der Waals surface area (Å²) >= 11 is 3.48. The van der Waals surface area contributed by atoms with E-state index in [2.05, 4.69) is 20.9 Å². The van der Waals surface area contributed by atoms with Crippen LogP contribution in [0.3, 0.4) is 0 Å². The molecule has 146 valence electrons. The van der Waals surface area contributed by atoms with E-state index < -0.39 is 18.6 Å². The molecule has 0 saturated carbocycles. The van der Waals surface area contributed by atoms with Crippen LogP contribution in [0.5, 0.6) is 0 Å². The lowest BCUT2D eigenvalue weighted by molar-refractivity contribution is -0.137. The Balaban J connectivity index is 2.28. The molecule has 0 spiro atoms. The van der Waals surface area contributed by atoms with Gasteiger partial charge in [-0.15, -0.1) is 0 Å². The number of benzodiazepines with no additional fused rings is 1. The Morgan fingerprint density at radius 3 is 2.61 bits per heavy atom. The zero-order valence-corrected chi connectivity index (χ0v) is 17.4. The lowest BCUT2D eigenvalue weighted by Crippen LogP contribution is -2.43. The van der Waals surface area contributed by atoms with Crippen molar-refractivity contribution in [2.45, 2.75) is 32.7 Å². The molecule has 7 heteroatoms. The Morgan fingerprint density at radius 2 is 2.00 bits per heavy atom. The second kappa shape index (κ2) is 8.65. The summed E-state index contributed by atoms with van der Waals surface area (Å²) in [6, 6.07) is 10.3. The fraction of sp³-hybridized carbons (Fsp3) is 0.333. The first-order valence-electron chi connectivity index (χ1n) is 9.28. The molecular formula is C21H22BrN3O3. The zero-order valence-electron chi connectivity index (χ0n) is 15.8. The summed E-state index contributed by atoms with van der Waals surface area (Å²) in [4.78, 5) is 35.5. The van der Waals surface area contributed by atoms with Crippen LogP contribution in [0.15, 0.2) is 52.1 Å². The Morgan fingerprint density at radius 1 is 1.25 bits per heavy atom. The summed E-state index contributed by atoms with van der Waals surface area (Å²) in [5.41, 5.74) is 2.49. The fourth-order valence-corrected chi connectivity index (χ4v) is 3.88. The smallest absolute Gasteiger partial charge is 0.323 e. The molecule has 1 unspecified atom stereocenters. The van der Waals surface area contributed by atoms with Gasteiger partial charge in [-0.1, -0.05) is 48.7 Å². The van der Waals surface area contributed by atoms with Crippen molar-refractivity contribution < 1.29 is 14.7 Å². The maximum absolute atomic E-state index is 13.4. The Bertz CT molecular complexity index is 910. The highest BCUT2D eigenvalue weighted by Gasteiger charge is 2.36. The topological polar surface area (TPSA) is 82.9 Å². The number of carbonyl (C=O) groups excluding carboxylic acids is 1. The molecule has 0 fully saturated rings. The molecule has 2 heterocycles. The molecule has 0 aliphatic carbocycles. The van der Waals surface area contributed by atoms with Gasteiger partial charge in [-0.3, -0.25) is 24.5 Å². The maximum atomic E-state index is 13.4. The van der Waals surface area contributed by atoms with Crippen LogP contribution in [0.2, 0.25) is 0 Å². The number of aliphatic carboxylic acids is 1. The van der Waals surface area contributed by atoms with Gasteiger partial charge in [0.05, 0.1) is 17.1 Å². The van der Waals surface area contributed by atoms with E-state index in [4.69, 9.17) is 4.99 Å². The molecule has 1 aliphatic rings. The first-order chi connectivity index (χ1) is 13.5. The standard InChI is InChI=1S/C21H22BrN3O3/c1-3-13(4-2)19-21(28)25(12-18(26)27)17-9-8-14(22)11-15(17)20(24-19)16-7-5-6-10-23-16/h5-11,13,19H,3-4,12H2,1-2H3,(H,26,27). The molecular weight excluding hydrogens is 422 g/mol. The van der Waals surface area contributed by atoms with Crippen LogP contribution in [-0.4, -0.2) is 40.3 Å². The summed E-state index contributed by atoms with van der Waals surface area (Å²) in [5.74, 6) is -1.34. The fourth-order valence-electron chi connectivity index (χ4n) is 3.52. The van der Waals surface area contributed by atoms with Crippen molar-refractivity contribution in [2.75, 3.05) is 11.4 Å². The van der Waals surface area contributed by atoms with Crippen LogP contribution in [0.1, 0.15) is 37.9 Å². The molecule has 1 aliphatic heterocycles. The number of pyridine rings is 1. The van der Waals surface area contributed by atoms with Gasteiger partial charge < -0.3 is 5.11 Å². The highest BCUT2D eigenvalue weighted by atomic mass is 79.9. The van der Waals surface area contributed by atoms with Crippen LogP contribution < -0.4 is 4.90 Å². The molecule has 28 heavy (non-hydrogen) atoms. The molecule has 2 aromatic rings. The van der Waals surface area contributed by atoms with Gasteiger partial charge >= 0.3 is 5.97 Å². The van der Waals surface area contributed by atoms with Crippen LogP contribution in [0.25, 0.3) is 0 Å². The number of carbonyl (C=O) groups is 2. The van der Waals surface area contributed by atoms with Crippen molar-refractivity contribution in [2.24, 2.45) is 10.9 Å². The predicted molar refractivity (Wildman–Crippen MR) is 112 cm³/mol. The third-order valence-corrected chi connectivity index (χ3v) is 5.48. The lowest BCUT2D eigenvalue weighted by atomic mass is 9.93. The zero-order chi connectivity index (χ0) is 20.3. The van der Waals surface area contributed by atoms with Crippen molar-refractivity contribution in [3.05, 3.63) is 58.3 Å². The van der Waals surface area contributed by atoms with E-state index in [0.717, 1.165) is 17.3 Å². The molecule has 0 bridgehead atoms. The van der Waals surface area contributed by atoms with Gasteiger partial charge in [0.2, 0.25) is 0 Å². The second-order valence-corrected chi connectivity index (χ2v) is 7.61. The minimum absolute atomic E-state index is 0.0141. The number of nitrogens with zero attached hydrogens (tertiary/aromatic N) is 3. The van der Waals surface area contributed by atoms with E-state index in [-0.39, 0.29) is 11.8 Å². The van der Waals surface area contributed by atoms with Gasteiger partial charge in [-0.25, -0.2) is 0 Å². The first-order valence-corrected chi connectivity index (χ1v) is 10.1. The lowest BCUT2D eigenvalue weighted by Gasteiger charge is -2.26. The van der Waals surface area contributed by atoms with Crippen molar-refractivity contribution >= 4 is 39.2 Å². The van der Waals surface area contributed by atoms with Crippen LogP contribution in [0, 0.1) is 5.92 Å². The highest BCUT2D eigenvalue weighted by molar-refractivity contribution is 9.10. The molecule has 0 saturated heterocycles. The Hall–Kier alpha value is -2.54. The monoisotopic (exact) mass is 443 g/mol. The SMILES string of the molecule is CCC(CC)C1N=C(c2ccccn2)c2cc(Br)ccc2N(CC(=O)O)C1=O. The third-order valence-electron chi connectivity index (χ3n) is 4.99. The quantitative estimate of drug-likeness (QED) is 0.732. The number of carboxylic acid groups (broad SMARTS) is 1. The van der Waals surface area contributed by atoms with Gasteiger partial charge in [0.25, 0.3) is 5.91 Å². The van der Waals surface area contributed by atoms with Gasteiger partial charge in [-0.2, -0.15) is 0 Å². The minimum atomic E-state index is -1.06. The van der Waals surface area contributed by atoms with E-state index in [9.17, 15) is 14.7 Å². The first kappa shape index (κ1) is 20.2. The maximum Gasteiger partial charge on any atom is 0.323 e. The molecule has 0 radical (unpaired) electrons. The number of benzene rings is 1. The van der Waals surface area contributed by atoms with Crippen molar-refractivity contribution in [1.82, 2.24) is 4.98 Å². The summed E-state index contributed by atoms with van der Waals surface area (Å²) in [6.07, 6.45) is 3.23. The summed E-state index contributed by atoms with van der Waals surface area (Å²) < 4.78 is 0.818. The number of hydrogen-bond donors (Lipinski definition) is 1.